The molecule has 0 aliphatic rings. The molecule has 0 heterocycles. The Balaban J connectivity index is 1.62. The highest BCUT2D eigenvalue weighted by Crippen LogP contribution is 2.26. The fourth-order valence-corrected chi connectivity index (χ4v) is 2.29. The van der Waals surface area contributed by atoms with Crippen molar-refractivity contribution in [2.45, 2.75) is 19.9 Å². The Bertz CT molecular complexity index is 810. The van der Waals surface area contributed by atoms with Crippen molar-refractivity contribution in [1.29, 1.82) is 0 Å². The Morgan fingerprint density at radius 2 is 1.55 bits per heavy atom. The maximum atomic E-state index is 11.7. The molecule has 8 heteroatoms. The van der Waals surface area contributed by atoms with Crippen molar-refractivity contribution in [2.24, 2.45) is 0 Å². The summed E-state index contributed by atoms with van der Waals surface area (Å²) in [5.74, 6) is -0.218. The number of benzene rings is 2. The van der Waals surface area contributed by atoms with Crippen LogP contribution in [0.5, 0.6) is 11.5 Å². The molecule has 2 aromatic rings. The van der Waals surface area contributed by atoms with E-state index in [1.807, 2.05) is 43.3 Å². The predicted octanol–water partition coefficient (Wildman–Crippen LogP) is 2.42. The SMILES string of the molecule is CCOc1ccccc1OCCC(=O)OCC(=O)NC(=O)NCc1ccccc1. The zero-order valence-electron chi connectivity index (χ0n) is 16.2. The van der Waals surface area contributed by atoms with Gasteiger partial charge < -0.3 is 19.5 Å². The highest BCUT2D eigenvalue weighted by molar-refractivity contribution is 5.95. The summed E-state index contributed by atoms with van der Waals surface area (Å²) in [5.41, 5.74) is 0.896. The molecule has 0 aliphatic heterocycles. The van der Waals surface area contributed by atoms with Gasteiger partial charge in [-0.05, 0) is 24.6 Å². The van der Waals surface area contributed by atoms with Gasteiger partial charge in [0.2, 0.25) is 0 Å². The van der Waals surface area contributed by atoms with Crippen molar-refractivity contribution in [3.63, 3.8) is 0 Å². The van der Waals surface area contributed by atoms with Gasteiger partial charge in [-0.2, -0.15) is 0 Å². The topological polar surface area (TPSA) is 103 Å². The minimum Gasteiger partial charge on any atom is -0.490 e. The molecule has 0 saturated carbocycles. The number of carbonyl (C=O) groups is 3. The van der Waals surface area contributed by atoms with Crippen LogP contribution >= 0.6 is 0 Å². The van der Waals surface area contributed by atoms with Gasteiger partial charge in [-0.3, -0.25) is 14.9 Å². The van der Waals surface area contributed by atoms with Gasteiger partial charge in [0.05, 0.1) is 19.6 Å². The van der Waals surface area contributed by atoms with Gasteiger partial charge in [0.15, 0.2) is 18.1 Å². The third-order valence-corrected chi connectivity index (χ3v) is 3.63. The Morgan fingerprint density at radius 1 is 0.897 bits per heavy atom. The van der Waals surface area contributed by atoms with E-state index in [4.69, 9.17) is 14.2 Å². The van der Waals surface area contributed by atoms with Crippen molar-refractivity contribution in [3.8, 4) is 11.5 Å². The molecule has 0 fully saturated rings. The minimum atomic E-state index is -0.716. The Morgan fingerprint density at radius 3 is 2.24 bits per heavy atom. The standard InChI is InChI=1S/C21H24N2O6/c1-2-27-17-10-6-7-11-18(17)28-13-12-20(25)29-15-19(24)23-21(26)22-14-16-8-4-3-5-9-16/h3-11H,2,12-15H2,1H3,(H2,22,23,24,26). The lowest BCUT2D eigenvalue weighted by atomic mass is 10.2. The van der Waals surface area contributed by atoms with Gasteiger partial charge >= 0.3 is 12.0 Å². The van der Waals surface area contributed by atoms with Gasteiger partial charge in [-0.25, -0.2) is 4.79 Å². The average Bonchev–Trinajstić information content (AvgIpc) is 2.73. The third kappa shape index (κ3) is 8.34. The van der Waals surface area contributed by atoms with Crippen LogP contribution in [0.25, 0.3) is 0 Å². The molecule has 8 nitrogen and oxygen atoms in total. The molecule has 0 saturated heterocycles. The summed E-state index contributed by atoms with van der Waals surface area (Å²) >= 11 is 0. The fraction of sp³-hybridized carbons (Fsp3) is 0.286. The third-order valence-electron chi connectivity index (χ3n) is 3.63. The number of amides is 3. The van der Waals surface area contributed by atoms with E-state index in [9.17, 15) is 14.4 Å². The lowest BCUT2D eigenvalue weighted by Gasteiger charge is -2.11. The number of hydrogen-bond donors (Lipinski definition) is 2. The summed E-state index contributed by atoms with van der Waals surface area (Å²) in [7, 11) is 0. The van der Waals surface area contributed by atoms with Crippen molar-refractivity contribution in [3.05, 3.63) is 60.2 Å². The molecule has 2 N–H and O–H groups in total. The quantitative estimate of drug-likeness (QED) is 0.594. The minimum absolute atomic E-state index is 0.0477. The van der Waals surface area contributed by atoms with Gasteiger partial charge in [-0.15, -0.1) is 0 Å². The lowest BCUT2D eigenvalue weighted by Crippen LogP contribution is -2.41. The second-order valence-corrected chi connectivity index (χ2v) is 5.86. The van der Waals surface area contributed by atoms with Gasteiger partial charge in [-0.1, -0.05) is 42.5 Å². The summed E-state index contributed by atoms with van der Waals surface area (Å²) in [6, 6.07) is 15.7. The first-order chi connectivity index (χ1) is 14.1. The van der Waals surface area contributed by atoms with Crippen molar-refractivity contribution in [1.82, 2.24) is 10.6 Å². The van der Waals surface area contributed by atoms with Crippen LogP contribution < -0.4 is 20.1 Å². The second-order valence-electron chi connectivity index (χ2n) is 5.86. The van der Waals surface area contributed by atoms with E-state index in [1.54, 1.807) is 18.2 Å². The lowest BCUT2D eigenvalue weighted by molar-refractivity contribution is -0.148. The van der Waals surface area contributed by atoms with Crippen molar-refractivity contribution >= 4 is 17.9 Å². The van der Waals surface area contributed by atoms with Crippen molar-refractivity contribution < 1.29 is 28.6 Å². The number of urea groups is 1. The van der Waals surface area contributed by atoms with Crippen LogP contribution in [0.2, 0.25) is 0 Å². The number of para-hydroxylation sites is 2. The Labute approximate surface area is 169 Å². The number of esters is 1. The van der Waals surface area contributed by atoms with Gasteiger partial charge in [0.1, 0.15) is 0 Å². The van der Waals surface area contributed by atoms with Gasteiger partial charge in [0.25, 0.3) is 5.91 Å². The van der Waals surface area contributed by atoms with Crippen LogP contribution in [0.3, 0.4) is 0 Å². The van der Waals surface area contributed by atoms with Crippen LogP contribution in [-0.2, 0) is 20.9 Å². The van der Waals surface area contributed by atoms with Crippen LogP contribution in [0, 0.1) is 0 Å². The molecular weight excluding hydrogens is 376 g/mol. The molecule has 3 amide bonds. The molecule has 29 heavy (non-hydrogen) atoms. The fourth-order valence-electron chi connectivity index (χ4n) is 2.29. The summed E-state index contributed by atoms with van der Waals surface area (Å²) in [5, 5.41) is 4.64. The van der Waals surface area contributed by atoms with Crippen LogP contribution in [-0.4, -0.2) is 37.7 Å². The molecule has 154 valence electrons. The van der Waals surface area contributed by atoms with E-state index in [0.29, 0.717) is 18.1 Å². The normalized spacial score (nSPS) is 9.97. The molecule has 0 radical (unpaired) electrons. The summed E-state index contributed by atoms with van der Waals surface area (Å²) in [6.45, 7) is 2.16. The number of carbonyl (C=O) groups excluding carboxylic acids is 3. The maximum Gasteiger partial charge on any atom is 0.321 e. The highest BCUT2D eigenvalue weighted by atomic mass is 16.5. The zero-order valence-corrected chi connectivity index (χ0v) is 16.2. The molecule has 0 bridgehead atoms. The number of rotatable bonds is 10. The summed E-state index contributed by atoms with van der Waals surface area (Å²) in [4.78, 5) is 35.1. The monoisotopic (exact) mass is 400 g/mol. The Kier molecular flexibility index (Phi) is 9.01. The van der Waals surface area contributed by atoms with E-state index >= 15 is 0 Å². The van der Waals surface area contributed by atoms with Gasteiger partial charge in [0, 0.05) is 6.54 Å². The molecule has 0 aromatic heterocycles. The van der Waals surface area contributed by atoms with E-state index in [-0.39, 0.29) is 19.6 Å². The number of hydrogen-bond acceptors (Lipinski definition) is 6. The predicted molar refractivity (Wildman–Crippen MR) is 106 cm³/mol. The first-order valence-electron chi connectivity index (χ1n) is 9.20. The average molecular weight is 400 g/mol. The number of ether oxygens (including phenoxy) is 3. The largest absolute Gasteiger partial charge is 0.490 e. The number of nitrogens with one attached hydrogen (secondary N) is 2. The van der Waals surface area contributed by atoms with Crippen LogP contribution in [0.1, 0.15) is 18.9 Å². The van der Waals surface area contributed by atoms with Crippen molar-refractivity contribution in [2.75, 3.05) is 19.8 Å². The first-order valence-corrected chi connectivity index (χ1v) is 9.20. The number of imide groups is 1. The summed E-state index contributed by atoms with van der Waals surface area (Å²) < 4.78 is 15.8. The molecule has 2 aromatic carbocycles. The zero-order chi connectivity index (χ0) is 20.9. The van der Waals surface area contributed by atoms with Crippen LogP contribution in [0.4, 0.5) is 4.79 Å². The smallest absolute Gasteiger partial charge is 0.321 e. The maximum absolute atomic E-state index is 11.7. The molecule has 0 unspecified atom stereocenters. The molecule has 0 atom stereocenters. The Hall–Kier alpha value is -3.55. The van der Waals surface area contributed by atoms with E-state index in [1.165, 1.54) is 0 Å². The van der Waals surface area contributed by atoms with E-state index in [0.717, 1.165) is 5.56 Å². The van der Waals surface area contributed by atoms with E-state index in [2.05, 4.69) is 10.6 Å². The molecule has 2 rings (SSSR count). The van der Waals surface area contributed by atoms with E-state index < -0.39 is 24.5 Å². The summed E-state index contributed by atoms with van der Waals surface area (Å²) in [6.07, 6.45) is -0.0477. The second kappa shape index (κ2) is 12.0. The highest BCUT2D eigenvalue weighted by Gasteiger charge is 2.11. The van der Waals surface area contributed by atoms with Crippen LogP contribution in [0.15, 0.2) is 54.6 Å². The molecule has 0 spiro atoms. The molecular formula is C21H24N2O6. The molecule has 0 aliphatic carbocycles. The first kappa shape index (κ1) is 21.7.